The second-order valence-corrected chi connectivity index (χ2v) is 8.39. The lowest BCUT2D eigenvalue weighted by Gasteiger charge is -2.19. The molecule has 0 aliphatic rings. The molecular formula is C30H33N. The average Bonchev–Trinajstić information content (AvgIpc) is 2.73. The highest BCUT2D eigenvalue weighted by molar-refractivity contribution is 5.90. The smallest absolute Gasteiger partial charge is 0.0317 e. The van der Waals surface area contributed by atoms with Crippen molar-refractivity contribution >= 4 is 22.9 Å². The number of hydrogen-bond donors (Lipinski definition) is 1. The fourth-order valence-electron chi connectivity index (χ4n) is 4.13. The Hall–Kier alpha value is -3.32. The van der Waals surface area contributed by atoms with Gasteiger partial charge in [-0.15, -0.1) is 0 Å². The molecule has 1 nitrogen and oxygen atoms in total. The monoisotopic (exact) mass is 407 g/mol. The Morgan fingerprint density at radius 3 is 2.13 bits per heavy atom. The second kappa shape index (κ2) is 9.66. The van der Waals surface area contributed by atoms with E-state index >= 15 is 0 Å². The Morgan fingerprint density at radius 1 is 0.871 bits per heavy atom. The van der Waals surface area contributed by atoms with Gasteiger partial charge in [0.1, 0.15) is 0 Å². The molecule has 3 aromatic carbocycles. The van der Waals surface area contributed by atoms with Crippen LogP contribution in [0.5, 0.6) is 0 Å². The standard InChI is InChI=1S/C30H33N/c1-7-8-25-10-12-26(13-11-25)19-30(29-16-14-27(31)18-22(29)4)24(6)23(5)28-15-9-20(2)17-21(28)3/h7-18H,5,19,31H2,1-4,6H3/b8-7+,30-24+. The number of rotatable bonds is 6. The van der Waals surface area contributed by atoms with E-state index in [0.29, 0.717) is 0 Å². The van der Waals surface area contributed by atoms with E-state index in [9.17, 15) is 0 Å². The fraction of sp³-hybridized carbons (Fsp3) is 0.200. The first-order valence-electron chi connectivity index (χ1n) is 10.8. The van der Waals surface area contributed by atoms with Gasteiger partial charge in [0.05, 0.1) is 0 Å². The highest BCUT2D eigenvalue weighted by Gasteiger charge is 2.14. The molecule has 1 heteroatoms. The molecule has 31 heavy (non-hydrogen) atoms. The number of nitrogens with two attached hydrogens (primary N) is 1. The Balaban J connectivity index is 2.10. The van der Waals surface area contributed by atoms with Crippen molar-refractivity contribution in [3.05, 3.63) is 118 Å². The van der Waals surface area contributed by atoms with Crippen LogP contribution in [-0.4, -0.2) is 0 Å². The van der Waals surface area contributed by atoms with Crippen molar-refractivity contribution < 1.29 is 0 Å². The van der Waals surface area contributed by atoms with Gasteiger partial charge in [-0.05, 0) is 103 Å². The minimum Gasteiger partial charge on any atom is -0.399 e. The van der Waals surface area contributed by atoms with Crippen LogP contribution < -0.4 is 5.73 Å². The molecule has 0 aliphatic heterocycles. The maximum atomic E-state index is 6.05. The van der Waals surface area contributed by atoms with E-state index in [1.165, 1.54) is 50.1 Å². The molecule has 0 spiro atoms. The van der Waals surface area contributed by atoms with Gasteiger partial charge in [0.2, 0.25) is 0 Å². The van der Waals surface area contributed by atoms with Crippen LogP contribution in [0.2, 0.25) is 0 Å². The number of benzene rings is 3. The number of aryl methyl sites for hydroxylation is 3. The largest absolute Gasteiger partial charge is 0.399 e. The SMILES string of the molecule is C=C(/C(C)=C(\Cc1ccc(/C=C/C)cc1)c1ccc(N)cc1C)c1ccc(C)cc1C. The lowest BCUT2D eigenvalue weighted by atomic mass is 9.86. The Labute approximate surface area is 187 Å². The third kappa shape index (κ3) is 5.24. The summed E-state index contributed by atoms with van der Waals surface area (Å²) >= 11 is 0. The first kappa shape index (κ1) is 22.4. The van der Waals surface area contributed by atoms with Crippen molar-refractivity contribution in [3.8, 4) is 0 Å². The minimum atomic E-state index is 0.794. The zero-order valence-electron chi connectivity index (χ0n) is 19.4. The summed E-state index contributed by atoms with van der Waals surface area (Å²) in [6, 6.07) is 21.6. The fourth-order valence-corrected chi connectivity index (χ4v) is 4.13. The average molecular weight is 408 g/mol. The lowest BCUT2D eigenvalue weighted by Crippen LogP contribution is -2.01. The molecule has 0 fully saturated rings. The molecule has 158 valence electrons. The summed E-state index contributed by atoms with van der Waals surface area (Å²) in [5, 5.41) is 0. The summed E-state index contributed by atoms with van der Waals surface area (Å²) in [6.07, 6.45) is 5.03. The number of nitrogen functional groups attached to an aromatic ring is 1. The van der Waals surface area contributed by atoms with E-state index in [0.717, 1.165) is 17.7 Å². The molecule has 0 atom stereocenters. The molecule has 0 bridgehead atoms. The van der Waals surface area contributed by atoms with Crippen LogP contribution in [-0.2, 0) is 6.42 Å². The summed E-state index contributed by atoms with van der Waals surface area (Å²) in [6.45, 7) is 15.2. The Morgan fingerprint density at radius 2 is 1.52 bits per heavy atom. The van der Waals surface area contributed by atoms with Crippen LogP contribution in [0.3, 0.4) is 0 Å². The summed E-state index contributed by atoms with van der Waals surface area (Å²) in [5.74, 6) is 0. The second-order valence-electron chi connectivity index (χ2n) is 8.39. The predicted octanol–water partition coefficient (Wildman–Crippen LogP) is 7.96. The van der Waals surface area contributed by atoms with Crippen LogP contribution in [0.4, 0.5) is 5.69 Å². The van der Waals surface area contributed by atoms with Gasteiger partial charge in [0.15, 0.2) is 0 Å². The van der Waals surface area contributed by atoms with Gasteiger partial charge in [-0.1, -0.05) is 72.8 Å². The molecule has 0 heterocycles. The molecule has 0 saturated heterocycles. The van der Waals surface area contributed by atoms with Gasteiger partial charge in [0, 0.05) is 5.69 Å². The summed E-state index contributed by atoms with van der Waals surface area (Å²) < 4.78 is 0. The molecule has 0 aliphatic carbocycles. The van der Waals surface area contributed by atoms with Crippen LogP contribution >= 0.6 is 0 Å². The van der Waals surface area contributed by atoms with Gasteiger partial charge in [-0.25, -0.2) is 0 Å². The van der Waals surface area contributed by atoms with Crippen molar-refractivity contribution in [1.29, 1.82) is 0 Å². The van der Waals surface area contributed by atoms with Gasteiger partial charge in [-0.2, -0.15) is 0 Å². The van der Waals surface area contributed by atoms with Gasteiger partial charge < -0.3 is 5.73 Å². The summed E-state index contributed by atoms with van der Waals surface area (Å²) in [5.41, 5.74) is 19.1. The molecule has 3 aromatic rings. The van der Waals surface area contributed by atoms with Crippen molar-refractivity contribution in [3.63, 3.8) is 0 Å². The van der Waals surface area contributed by atoms with Crippen molar-refractivity contribution in [2.75, 3.05) is 5.73 Å². The molecule has 0 radical (unpaired) electrons. The van der Waals surface area contributed by atoms with E-state index in [2.05, 4.69) is 101 Å². The van der Waals surface area contributed by atoms with Crippen LogP contribution in [0.25, 0.3) is 17.2 Å². The van der Waals surface area contributed by atoms with E-state index in [1.807, 2.05) is 13.0 Å². The summed E-state index contributed by atoms with van der Waals surface area (Å²) in [7, 11) is 0. The minimum absolute atomic E-state index is 0.794. The van der Waals surface area contributed by atoms with Crippen LogP contribution in [0.15, 0.2) is 78.9 Å². The molecule has 0 saturated carbocycles. The van der Waals surface area contributed by atoms with E-state index < -0.39 is 0 Å². The van der Waals surface area contributed by atoms with Gasteiger partial charge in [0.25, 0.3) is 0 Å². The first-order chi connectivity index (χ1) is 14.8. The molecule has 0 unspecified atom stereocenters. The van der Waals surface area contributed by atoms with Crippen molar-refractivity contribution in [2.24, 2.45) is 0 Å². The Bertz CT molecular complexity index is 1160. The first-order valence-corrected chi connectivity index (χ1v) is 10.8. The zero-order valence-corrected chi connectivity index (χ0v) is 19.4. The maximum absolute atomic E-state index is 6.05. The highest BCUT2D eigenvalue weighted by atomic mass is 14.5. The maximum Gasteiger partial charge on any atom is 0.0317 e. The quantitative estimate of drug-likeness (QED) is 0.325. The topological polar surface area (TPSA) is 26.0 Å². The molecule has 0 amide bonds. The van der Waals surface area contributed by atoms with Gasteiger partial charge in [-0.3, -0.25) is 0 Å². The lowest BCUT2D eigenvalue weighted by molar-refractivity contribution is 1.24. The van der Waals surface area contributed by atoms with E-state index in [1.54, 1.807) is 0 Å². The molecule has 3 rings (SSSR count). The van der Waals surface area contributed by atoms with E-state index in [4.69, 9.17) is 5.73 Å². The number of allylic oxidation sites excluding steroid dienone is 4. The van der Waals surface area contributed by atoms with Crippen molar-refractivity contribution in [2.45, 2.75) is 41.0 Å². The van der Waals surface area contributed by atoms with Gasteiger partial charge >= 0.3 is 0 Å². The Kier molecular flexibility index (Phi) is 6.97. The van der Waals surface area contributed by atoms with E-state index in [-0.39, 0.29) is 0 Å². The molecular weight excluding hydrogens is 374 g/mol. The summed E-state index contributed by atoms with van der Waals surface area (Å²) in [4.78, 5) is 0. The van der Waals surface area contributed by atoms with Crippen LogP contribution in [0.1, 0.15) is 52.8 Å². The number of anilines is 1. The molecule has 0 aromatic heterocycles. The third-order valence-corrected chi connectivity index (χ3v) is 5.91. The highest BCUT2D eigenvalue weighted by Crippen LogP contribution is 2.34. The molecule has 2 N–H and O–H groups in total. The van der Waals surface area contributed by atoms with Crippen molar-refractivity contribution in [1.82, 2.24) is 0 Å². The van der Waals surface area contributed by atoms with Crippen LogP contribution in [0, 0.1) is 20.8 Å². The normalized spacial score (nSPS) is 12.2. The zero-order chi connectivity index (χ0) is 22.5. The number of hydrogen-bond acceptors (Lipinski definition) is 1. The third-order valence-electron chi connectivity index (χ3n) is 5.91. The predicted molar refractivity (Wildman–Crippen MR) is 138 cm³/mol.